The first-order valence-electron chi connectivity index (χ1n) is 5.23. The lowest BCUT2D eigenvalue weighted by atomic mass is 10.2. The number of hydrogen-bond acceptors (Lipinski definition) is 5. The zero-order chi connectivity index (χ0) is 12.3. The molecule has 92 valence electrons. The maximum absolute atomic E-state index is 12.1. The van der Waals surface area contributed by atoms with Crippen LogP contribution in [0.25, 0.3) is 0 Å². The molecule has 6 heteroatoms. The van der Waals surface area contributed by atoms with Crippen LogP contribution in [0, 0.1) is 0 Å². The van der Waals surface area contributed by atoms with Crippen LogP contribution >= 0.6 is 0 Å². The van der Waals surface area contributed by atoms with Crippen molar-refractivity contribution in [3.63, 3.8) is 0 Å². The largest absolute Gasteiger partial charge is 0.472 e. The summed E-state index contributed by atoms with van der Waals surface area (Å²) in [5.41, 5.74) is 0.417. The average Bonchev–Trinajstić information content (AvgIpc) is 2.91. The Labute approximate surface area is 98.1 Å². The van der Waals surface area contributed by atoms with Gasteiger partial charge >= 0.3 is 5.97 Å². The molecule has 17 heavy (non-hydrogen) atoms. The maximum atomic E-state index is 12.1. The third kappa shape index (κ3) is 2.31. The van der Waals surface area contributed by atoms with Crippen molar-refractivity contribution < 1.29 is 23.5 Å². The number of carbonyl (C=O) groups is 2. The van der Waals surface area contributed by atoms with E-state index in [9.17, 15) is 9.59 Å². The third-order valence-electron chi connectivity index (χ3n) is 2.63. The van der Waals surface area contributed by atoms with E-state index in [-0.39, 0.29) is 12.5 Å². The summed E-state index contributed by atoms with van der Waals surface area (Å²) in [6.07, 6.45) is 2.77. The monoisotopic (exact) mass is 239 g/mol. The Bertz CT molecular complexity index is 400. The second-order valence-corrected chi connectivity index (χ2v) is 3.62. The lowest BCUT2D eigenvalue weighted by Crippen LogP contribution is -2.52. The number of furan rings is 1. The van der Waals surface area contributed by atoms with Crippen LogP contribution < -0.4 is 0 Å². The molecule has 1 fully saturated rings. The number of amides is 1. The molecule has 2 rings (SSSR count). The first kappa shape index (κ1) is 11.7. The third-order valence-corrected chi connectivity index (χ3v) is 2.63. The summed E-state index contributed by atoms with van der Waals surface area (Å²) in [6.45, 7) is 0.942. The fraction of sp³-hybridized carbons (Fsp3) is 0.455. The van der Waals surface area contributed by atoms with E-state index < -0.39 is 12.0 Å². The number of nitrogens with zero attached hydrogens (tertiary/aromatic N) is 1. The Morgan fingerprint density at radius 3 is 3.00 bits per heavy atom. The molecule has 0 aromatic carbocycles. The van der Waals surface area contributed by atoms with E-state index in [1.807, 2.05) is 0 Å². The van der Waals surface area contributed by atoms with Gasteiger partial charge < -0.3 is 18.8 Å². The second kappa shape index (κ2) is 5.01. The molecular formula is C11H13NO5. The zero-order valence-corrected chi connectivity index (χ0v) is 9.42. The summed E-state index contributed by atoms with van der Waals surface area (Å²) in [5.74, 6) is -0.723. The molecule has 1 unspecified atom stereocenters. The molecule has 1 aromatic heterocycles. The summed E-state index contributed by atoms with van der Waals surface area (Å²) in [4.78, 5) is 25.1. The second-order valence-electron chi connectivity index (χ2n) is 3.62. The molecule has 1 atom stereocenters. The molecule has 1 aromatic rings. The van der Waals surface area contributed by atoms with Gasteiger partial charge in [0.25, 0.3) is 5.91 Å². The number of rotatable bonds is 2. The molecule has 1 amide bonds. The maximum Gasteiger partial charge on any atom is 0.331 e. The van der Waals surface area contributed by atoms with Gasteiger partial charge in [0.05, 0.1) is 32.2 Å². The molecule has 1 saturated heterocycles. The van der Waals surface area contributed by atoms with Gasteiger partial charge in [-0.25, -0.2) is 4.79 Å². The molecule has 6 nitrogen and oxygen atoms in total. The Hall–Kier alpha value is -1.82. The van der Waals surface area contributed by atoms with Gasteiger partial charge in [-0.1, -0.05) is 0 Å². The van der Waals surface area contributed by atoms with Gasteiger partial charge in [0, 0.05) is 6.54 Å². The van der Waals surface area contributed by atoms with Crippen molar-refractivity contribution in [3.05, 3.63) is 24.2 Å². The molecule has 0 N–H and O–H groups in total. The molecule has 1 aliphatic rings. The molecule has 1 aliphatic heterocycles. The van der Waals surface area contributed by atoms with E-state index in [2.05, 4.69) is 4.74 Å². The number of methoxy groups -OCH3 is 1. The standard InChI is InChI=1S/C11H13NO5/c1-15-11(14)9-7-17-5-3-12(9)10(13)8-2-4-16-6-8/h2,4,6,9H,3,5,7H2,1H3. The van der Waals surface area contributed by atoms with Crippen LogP contribution in [-0.4, -0.2) is 49.7 Å². The number of carbonyl (C=O) groups excluding carboxylic acids is 2. The quantitative estimate of drug-likeness (QED) is 0.694. The Kier molecular flexibility index (Phi) is 3.43. The summed E-state index contributed by atoms with van der Waals surface area (Å²) < 4.78 is 14.7. The van der Waals surface area contributed by atoms with E-state index in [1.165, 1.54) is 24.5 Å². The number of morpholine rings is 1. The molecule has 0 radical (unpaired) electrons. The lowest BCUT2D eigenvalue weighted by molar-refractivity contribution is -0.151. The van der Waals surface area contributed by atoms with Crippen LogP contribution in [0.1, 0.15) is 10.4 Å². The van der Waals surface area contributed by atoms with Crippen molar-refractivity contribution in [2.75, 3.05) is 26.9 Å². The van der Waals surface area contributed by atoms with E-state index in [0.717, 1.165) is 0 Å². The Morgan fingerprint density at radius 1 is 1.53 bits per heavy atom. The summed E-state index contributed by atoms with van der Waals surface area (Å²) in [6, 6.07) is 0.878. The van der Waals surface area contributed by atoms with Gasteiger partial charge in [0.2, 0.25) is 0 Å². The Balaban J connectivity index is 2.16. The highest BCUT2D eigenvalue weighted by Gasteiger charge is 2.34. The minimum absolute atomic E-state index is 0.163. The van der Waals surface area contributed by atoms with Gasteiger partial charge in [0.15, 0.2) is 6.04 Å². The van der Waals surface area contributed by atoms with Crippen molar-refractivity contribution in [2.45, 2.75) is 6.04 Å². The van der Waals surface area contributed by atoms with Crippen LogP contribution in [0.2, 0.25) is 0 Å². The summed E-state index contributed by atoms with van der Waals surface area (Å²) in [7, 11) is 1.29. The molecule has 2 heterocycles. The fourth-order valence-corrected chi connectivity index (χ4v) is 1.73. The van der Waals surface area contributed by atoms with E-state index in [0.29, 0.717) is 18.7 Å². The van der Waals surface area contributed by atoms with Gasteiger partial charge in [0.1, 0.15) is 6.26 Å². The highest BCUT2D eigenvalue weighted by Crippen LogP contribution is 2.14. The van der Waals surface area contributed by atoms with Crippen LogP contribution in [-0.2, 0) is 14.3 Å². The minimum Gasteiger partial charge on any atom is -0.472 e. The number of hydrogen-bond donors (Lipinski definition) is 0. The van der Waals surface area contributed by atoms with E-state index in [4.69, 9.17) is 9.15 Å². The highest BCUT2D eigenvalue weighted by atomic mass is 16.5. The predicted molar refractivity (Wildman–Crippen MR) is 56.4 cm³/mol. The molecule has 0 bridgehead atoms. The molecule has 0 saturated carbocycles. The summed E-state index contributed by atoms with van der Waals surface area (Å²) in [5, 5.41) is 0. The predicted octanol–water partition coefficient (Wildman–Crippen LogP) is 0.294. The minimum atomic E-state index is -0.684. The highest BCUT2D eigenvalue weighted by molar-refractivity contribution is 5.96. The topological polar surface area (TPSA) is 69.0 Å². The first-order valence-corrected chi connectivity index (χ1v) is 5.23. The van der Waals surface area contributed by atoms with Crippen molar-refractivity contribution in [1.29, 1.82) is 0 Å². The fourth-order valence-electron chi connectivity index (χ4n) is 1.73. The van der Waals surface area contributed by atoms with Crippen LogP contribution in [0.3, 0.4) is 0 Å². The van der Waals surface area contributed by atoms with E-state index in [1.54, 1.807) is 6.07 Å². The smallest absolute Gasteiger partial charge is 0.331 e. The van der Waals surface area contributed by atoms with Gasteiger partial charge in [-0.15, -0.1) is 0 Å². The van der Waals surface area contributed by atoms with Gasteiger partial charge in [-0.2, -0.15) is 0 Å². The van der Waals surface area contributed by atoms with Gasteiger partial charge in [-0.05, 0) is 6.07 Å². The average molecular weight is 239 g/mol. The van der Waals surface area contributed by atoms with Crippen LogP contribution in [0.5, 0.6) is 0 Å². The molecule has 0 spiro atoms. The van der Waals surface area contributed by atoms with Crippen molar-refractivity contribution in [2.24, 2.45) is 0 Å². The normalized spacial score (nSPS) is 20.1. The number of esters is 1. The first-order chi connectivity index (χ1) is 8.24. The lowest BCUT2D eigenvalue weighted by Gasteiger charge is -2.33. The van der Waals surface area contributed by atoms with Crippen molar-refractivity contribution >= 4 is 11.9 Å². The van der Waals surface area contributed by atoms with Crippen LogP contribution in [0.4, 0.5) is 0 Å². The van der Waals surface area contributed by atoms with Crippen LogP contribution in [0.15, 0.2) is 23.0 Å². The van der Waals surface area contributed by atoms with Crippen molar-refractivity contribution in [3.8, 4) is 0 Å². The van der Waals surface area contributed by atoms with E-state index >= 15 is 0 Å². The zero-order valence-electron chi connectivity index (χ0n) is 9.42. The number of ether oxygens (including phenoxy) is 2. The van der Waals surface area contributed by atoms with Crippen molar-refractivity contribution in [1.82, 2.24) is 4.90 Å². The SMILES string of the molecule is COC(=O)C1COCCN1C(=O)c1ccoc1. The Morgan fingerprint density at radius 2 is 2.35 bits per heavy atom. The molecular weight excluding hydrogens is 226 g/mol. The van der Waals surface area contributed by atoms with Gasteiger partial charge in [-0.3, -0.25) is 4.79 Å². The molecule has 0 aliphatic carbocycles. The summed E-state index contributed by atoms with van der Waals surface area (Å²) >= 11 is 0.